The van der Waals surface area contributed by atoms with E-state index in [2.05, 4.69) is 28.2 Å². The van der Waals surface area contributed by atoms with Crippen LogP contribution in [-0.4, -0.2) is 27.1 Å². The van der Waals surface area contributed by atoms with Crippen molar-refractivity contribution >= 4 is 27.8 Å². The third kappa shape index (κ3) is 4.74. The molecular weight excluding hydrogens is 354 g/mol. The molecule has 0 bridgehead atoms. The Morgan fingerprint density at radius 3 is 2.46 bits per heavy atom. The summed E-state index contributed by atoms with van der Waals surface area (Å²) in [4.78, 5) is 18.8. The standard InChI is InChI=1S/C12H8N2.C6H13NO2.Cu/c1-3-9-5-6-11-10(4-2-7-13-11)12(9)14-8-1;1-3-4(2)5(7)6(8)9;/h1-8H;4-5H,3,7H2,1-2H3,(H,8,9);. The molecule has 131 valence electrons. The zero-order valence-electron chi connectivity index (χ0n) is 13.6. The first-order chi connectivity index (χ1) is 11.0. The van der Waals surface area contributed by atoms with Crippen LogP contribution in [0.4, 0.5) is 0 Å². The van der Waals surface area contributed by atoms with E-state index in [4.69, 9.17) is 10.8 Å². The van der Waals surface area contributed by atoms with E-state index < -0.39 is 12.0 Å². The van der Waals surface area contributed by atoms with E-state index in [1.165, 1.54) is 0 Å². The molecule has 6 heteroatoms. The van der Waals surface area contributed by atoms with Crippen molar-refractivity contribution in [1.82, 2.24) is 9.97 Å². The molecule has 2 unspecified atom stereocenters. The van der Waals surface area contributed by atoms with Crippen molar-refractivity contribution in [2.45, 2.75) is 26.3 Å². The predicted octanol–water partition coefficient (Wildman–Crippen LogP) is 3.22. The number of rotatable bonds is 3. The quantitative estimate of drug-likeness (QED) is 0.542. The monoisotopic (exact) mass is 374 g/mol. The Bertz CT molecular complexity index is 755. The fourth-order valence-electron chi connectivity index (χ4n) is 2.19. The van der Waals surface area contributed by atoms with Gasteiger partial charge >= 0.3 is 5.97 Å². The van der Waals surface area contributed by atoms with Gasteiger partial charge in [-0.1, -0.05) is 32.4 Å². The van der Waals surface area contributed by atoms with Crippen molar-refractivity contribution in [3.63, 3.8) is 0 Å². The van der Waals surface area contributed by atoms with Crippen LogP contribution in [0.2, 0.25) is 0 Å². The zero-order valence-corrected chi connectivity index (χ0v) is 14.6. The maximum atomic E-state index is 10.2. The molecule has 0 fully saturated rings. The number of carbonyl (C=O) groups is 1. The first-order valence-electron chi connectivity index (χ1n) is 7.61. The molecule has 3 aromatic rings. The Balaban J connectivity index is 0.000000256. The number of nitrogens with zero attached hydrogens (tertiary/aromatic N) is 2. The second-order valence-corrected chi connectivity index (χ2v) is 5.46. The largest absolute Gasteiger partial charge is 0.480 e. The topological polar surface area (TPSA) is 89.1 Å². The fourth-order valence-corrected chi connectivity index (χ4v) is 2.19. The van der Waals surface area contributed by atoms with Gasteiger partial charge in [0.25, 0.3) is 0 Å². The van der Waals surface area contributed by atoms with Crippen LogP contribution in [0, 0.1) is 5.92 Å². The van der Waals surface area contributed by atoms with Crippen LogP contribution >= 0.6 is 0 Å². The summed E-state index contributed by atoms with van der Waals surface area (Å²) in [6.07, 6.45) is 4.43. The van der Waals surface area contributed by atoms with Gasteiger partial charge in [0.1, 0.15) is 6.04 Å². The third-order valence-electron chi connectivity index (χ3n) is 3.90. The molecule has 24 heavy (non-hydrogen) atoms. The first-order valence-corrected chi connectivity index (χ1v) is 7.61. The molecule has 1 aromatic carbocycles. The smallest absolute Gasteiger partial charge is 0.320 e. The minimum Gasteiger partial charge on any atom is -0.480 e. The van der Waals surface area contributed by atoms with Gasteiger partial charge in [-0.25, -0.2) is 0 Å². The van der Waals surface area contributed by atoms with E-state index in [1.807, 2.05) is 38.2 Å². The molecule has 5 nitrogen and oxygen atoms in total. The average molecular weight is 375 g/mol. The number of aliphatic carboxylic acids is 1. The summed E-state index contributed by atoms with van der Waals surface area (Å²) < 4.78 is 0. The van der Waals surface area contributed by atoms with E-state index in [-0.39, 0.29) is 23.0 Å². The number of fused-ring (bicyclic) bond motifs is 3. The fraction of sp³-hybridized carbons (Fsp3) is 0.278. The molecular formula is C18H21CuN3O2. The Kier molecular flexibility index (Phi) is 7.78. The van der Waals surface area contributed by atoms with Gasteiger partial charge < -0.3 is 10.8 Å². The summed E-state index contributed by atoms with van der Waals surface area (Å²) in [7, 11) is 0. The molecule has 0 aliphatic carbocycles. The van der Waals surface area contributed by atoms with Crippen molar-refractivity contribution in [1.29, 1.82) is 0 Å². The normalized spacial score (nSPS) is 12.6. The van der Waals surface area contributed by atoms with Crippen LogP contribution in [0.5, 0.6) is 0 Å². The predicted molar refractivity (Wildman–Crippen MR) is 92.1 cm³/mol. The van der Waals surface area contributed by atoms with Crippen molar-refractivity contribution < 1.29 is 27.0 Å². The SMILES string of the molecule is CCC(C)C(N)C(=O)O.[Cu].c1cnc2c(c1)ccc1ncccc12. The third-order valence-corrected chi connectivity index (χ3v) is 3.90. The number of carboxylic acids is 1. The Labute approximate surface area is 151 Å². The van der Waals surface area contributed by atoms with Crippen molar-refractivity contribution in [3.8, 4) is 0 Å². The Morgan fingerprint density at radius 1 is 1.17 bits per heavy atom. The summed E-state index contributed by atoms with van der Waals surface area (Å²) >= 11 is 0. The molecule has 0 spiro atoms. The number of pyridine rings is 2. The van der Waals surface area contributed by atoms with Gasteiger partial charge in [0.2, 0.25) is 0 Å². The average Bonchev–Trinajstić information content (AvgIpc) is 2.60. The molecule has 0 aliphatic rings. The number of hydrogen-bond acceptors (Lipinski definition) is 4. The number of benzene rings is 1. The number of aromatic nitrogens is 2. The number of hydrogen-bond donors (Lipinski definition) is 2. The molecule has 0 amide bonds. The van der Waals surface area contributed by atoms with Crippen LogP contribution < -0.4 is 5.73 Å². The van der Waals surface area contributed by atoms with Gasteiger partial charge in [-0.2, -0.15) is 0 Å². The van der Waals surface area contributed by atoms with E-state index in [0.717, 1.165) is 28.2 Å². The van der Waals surface area contributed by atoms with Gasteiger partial charge in [0.15, 0.2) is 0 Å². The van der Waals surface area contributed by atoms with Gasteiger partial charge in [-0.15, -0.1) is 0 Å². The van der Waals surface area contributed by atoms with E-state index in [9.17, 15) is 4.79 Å². The Hall–Kier alpha value is -2.01. The molecule has 2 atom stereocenters. The van der Waals surface area contributed by atoms with Crippen molar-refractivity contribution in [2.24, 2.45) is 11.7 Å². The summed E-state index contributed by atoms with van der Waals surface area (Å²) in [5, 5.41) is 10.6. The van der Waals surface area contributed by atoms with Crippen LogP contribution in [0.25, 0.3) is 21.8 Å². The molecule has 2 aromatic heterocycles. The van der Waals surface area contributed by atoms with Crippen LogP contribution in [0.3, 0.4) is 0 Å². The minimum absolute atomic E-state index is 0. The first kappa shape index (κ1) is 20.0. The molecule has 2 heterocycles. The molecule has 3 N–H and O–H groups in total. The molecule has 0 saturated heterocycles. The van der Waals surface area contributed by atoms with Crippen molar-refractivity contribution in [2.75, 3.05) is 0 Å². The molecule has 3 rings (SSSR count). The van der Waals surface area contributed by atoms with Crippen LogP contribution in [0.1, 0.15) is 20.3 Å². The van der Waals surface area contributed by atoms with Gasteiger partial charge in [0.05, 0.1) is 11.0 Å². The van der Waals surface area contributed by atoms with Crippen molar-refractivity contribution in [3.05, 3.63) is 48.8 Å². The van der Waals surface area contributed by atoms with E-state index in [0.29, 0.717) is 0 Å². The number of carboxylic acid groups (broad SMARTS) is 1. The molecule has 0 aliphatic heterocycles. The minimum atomic E-state index is -0.913. The molecule has 1 radical (unpaired) electrons. The number of nitrogens with two attached hydrogens (primary N) is 1. The van der Waals surface area contributed by atoms with Gasteiger partial charge in [-0.05, 0) is 30.2 Å². The second-order valence-electron chi connectivity index (χ2n) is 5.46. The van der Waals surface area contributed by atoms with Gasteiger partial charge in [0, 0.05) is 40.2 Å². The summed E-state index contributed by atoms with van der Waals surface area (Å²) in [5.41, 5.74) is 7.30. The van der Waals surface area contributed by atoms with Crippen LogP contribution in [0.15, 0.2) is 48.8 Å². The van der Waals surface area contributed by atoms with E-state index >= 15 is 0 Å². The maximum absolute atomic E-state index is 10.2. The summed E-state index contributed by atoms with van der Waals surface area (Å²) in [6.45, 7) is 3.76. The maximum Gasteiger partial charge on any atom is 0.320 e. The molecule has 0 saturated carbocycles. The van der Waals surface area contributed by atoms with E-state index in [1.54, 1.807) is 6.20 Å². The summed E-state index contributed by atoms with van der Waals surface area (Å²) in [6, 6.07) is 11.4. The van der Waals surface area contributed by atoms with Gasteiger partial charge in [-0.3, -0.25) is 14.8 Å². The second kappa shape index (κ2) is 9.33. The Morgan fingerprint density at radius 2 is 1.83 bits per heavy atom. The summed E-state index contributed by atoms with van der Waals surface area (Å²) in [5.74, 6) is -0.841. The van der Waals surface area contributed by atoms with Crippen LogP contribution in [-0.2, 0) is 21.9 Å². The zero-order chi connectivity index (χ0) is 16.8.